The summed E-state index contributed by atoms with van der Waals surface area (Å²) in [6, 6.07) is 6.31. The van der Waals surface area contributed by atoms with Crippen LogP contribution >= 0.6 is 11.6 Å². The highest BCUT2D eigenvalue weighted by molar-refractivity contribution is 7.89. The second-order valence-electron chi connectivity index (χ2n) is 5.13. The van der Waals surface area contributed by atoms with E-state index in [0.29, 0.717) is 6.42 Å². The Hall–Kier alpha value is -0.620. The summed E-state index contributed by atoms with van der Waals surface area (Å²) in [6.07, 6.45) is 3.16. The average molecular weight is 303 g/mol. The van der Waals surface area contributed by atoms with E-state index >= 15 is 0 Å². The minimum absolute atomic E-state index is 0.218. The molecule has 0 aliphatic heterocycles. The lowest BCUT2D eigenvalue weighted by Gasteiger charge is -2.37. The Kier molecular flexibility index (Phi) is 4.20. The minimum Gasteiger partial charge on any atom is -0.325 e. The van der Waals surface area contributed by atoms with E-state index in [-0.39, 0.29) is 10.9 Å². The third-order valence-corrected chi connectivity index (χ3v) is 5.73. The van der Waals surface area contributed by atoms with Crippen LogP contribution in [0.25, 0.3) is 0 Å². The molecule has 1 aliphatic rings. The highest BCUT2D eigenvalue weighted by Gasteiger charge is 2.40. The fourth-order valence-electron chi connectivity index (χ4n) is 2.29. The van der Waals surface area contributed by atoms with E-state index in [1.807, 2.05) is 6.92 Å². The van der Waals surface area contributed by atoms with Gasteiger partial charge in [0, 0.05) is 6.04 Å². The first kappa shape index (κ1) is 14.8. The Bertz CT molecular complexity index is 544. The van der Waals surface area contributed by atoms with Gasteiger partial charge in [0.2, 0.25) is 10.0 Å². The van der Waals surface area contributed by atoms with E-state index in [2.05, 4.69) is 4.72 Å². The summed E-state index contributed by atoms with van der Waals surface area (Å²) in [4.78, 5) is -0.849. The fourth-order valence-corrected chi connectivity index (χ4v) is 4.15. The zero-order valence-electron chi connectivity index (χ0n) is 10.9. The molecule has 106 valence electrons. The molecule has 0 saturated heterocycles. The fraction of sp³-hybridized carbons (Fsp3) is 0.538. The molecule has 1 aliphatic carbocycles. The van der Waals surface area contributed by atoms with Gasteiger partial charge in [-0.2, -0.15) is 4.72 Å². The topological polar surface area (TPSA) is 72.2 Å². The van der Waals surface area contributed by atoms with Crippen LogP contribution in [-0.4, -0.2) is 19.5 Å². The molecule has 2 rings (SSSR count). The number of alkyl halides is 1. The monoisotopic (exact) mass is 302 g/mol. The number of hydrogen-bond donors (Lipinski definition) is 2. The molecule has 2 atom stereocenters. The Balaban J connectivity index is 2.23. The summed E-state index contributed by atoms with van der Waals surface area (Å²) in [6.45, 7) is 1.91. The molecule has 1 aromatic rings. The molecule has 0 spiro atoms. The van der Waals surface area contributed by atoms with Gasteiger partial charge in [0.25, 0.3) is 0 Å². The van der Waals surface area contributed by atoms with Crippen molar-refractivity contribution in [3.05, 3.63) is 29.8 Å². The average Bonchev–Trinajstić information content (AvgIpc) is 2.33. The Labute approximate surface area is 119 Å². The maximum absolute atomic E-state index is 12.3. The highest BCUT2D eigenvalue weighted by Crippen LogP contribution is 2.32. The molecule has 4 nitrogen and oxygen atoms in total. The van der Waals surface area contributed by atoms with Crippen molar-refractivity contribution < 1.29 is 8.42 Å². The first-order valence-corrected chi connectivity index (χ1v) is 8.25. The lowest BCUT2D eigenvalue weighted by molar-refractivity contribution is 0.321. The van der Waals surface area contributed by atoms with Crippen LogP contribution in [0.15, 0.2) is 29.2 Å². The van der Waals surface area contributed by atoms with Gasteiger partial charge < -0.3 is 5.73 Å². The zero-order chi connectivity index (χ0) is 14.1. The first-order chi connectivity index (χ1) is 8.83. The lowest BCUT2D eigenvalue weighted by Crippen LogP contribution is -2.57. The van der Waals surface area contributed by atoms with Gasteiger partial charge in [-0.05, 0) is 31.9 Å². The van der Waals surface area contributed by atoms with Crippen molar-refractivity contribution in [2.75, 3.05) is 0 Å². The molecule has 0 amide bonds. The second-order valence-corrected chi connectivity index (χ2v) is 7.49. The maximum atomic E-state index is 12.3. The van der Waals surface area contributed by atoms with Gasteiger partial charge in [-0.25, -0.2) is 8.42 Å². The predicted octanol–water partition coefficient (Wildman–Crippen LogP) is 2.11. The van der Waals surface area contributed by atoms with Crippen LogP contribution in [0.4, 0.5) is 0 Å². The van der Waals surface area contributed by atoms with Crippen molar-refractivity contribution in [3.8, 4) is 0 Å². The largest absolute Gasteiger partial charge is 0.325 e. The van der Waals surface area contributed by atoms with Crippen molar-refractivity contribution in [1.29, 1.82) is 0 Å². The van der Waals surface area contributed by atoms with Crippen molar-refractivity contribution in [2.45, 2.75) is 48.5 Å². The van der Waals surface area contributed by atoms with Crippen LogP contribution in [-0.2, 0) is 10.0 Å². The second kappa shape index (κ2) is 5.40. The molecule has 0 bridgehead atoms. The number of nitrogens with two attached hydrogens (primary N) is 1. The Morgan fingerprint density at radius 3 is 2.53 bits per heavy atom. The third kappa shape index (κ3) is 3.28. The van der Waals surface area contributed by atoms with Gasteiger partial charge in [-0.3, -0.25) is 0 Å². The molecule has 0 unspecified atom stereocenters. The molecule has 3 N–H and O–H groups in total. The summed E-state index contributed by atoms with van der Waals surface area (Å²) >= 11 is 6.38. The van der Waals surface area contributed by atoms with Crippen LogP contribution in [0.3, 0.4) is 0 Å². The van der Waals surface area contributed by atoms with E-state index in [4.69, 9.17) is 17.3 Å². The van der Waals surface area contributed by atoms with Gasteiger partial charge in [0.05, 0.1) is 4.90 Å². The number of benzene rings is 1. The van der Waals surface area contributed by atoms with Gasteiger partial charge in [0.1, 0.15) is 5.00 Å². The van der Waals surface area contributed by atoms with Crippen molar-refractivity contribution in [1.82, 2.24) is 4.72 Å². The molecule has 1 fully saturated rings. The third-order valence-electron chi connectivity index (χ3n) is 3.53. The number of halogens is 1. The molecule has 0 heterocycles. The van der Waals surface area contributed by atoms with Gasteiger partial charge >= 0.3 is 0 Å². The van der Waals surface area contributed by atoms with Crippen LogP contribution in [0.5, 0.6) is 0 Å². The van der Waals surface area contributed by atoms with E-state index in [1.54, 1.807) is 24.3 Å². The first-order valence-electron chi connectivity index (χ1n) is 6.39. The van der Waals surface area contributed by atoms with Crippen LogP contribution in [0.1, 0.15) is 31.2 Å². The Morgan fingerprint density at radius 1 is 1.32 bits per heavy atom. The van der Waals surface area contributed by atoms with E-state index in [1.165, 1.54) is 0 Å². The van der Waals surface area contributed by atoms with E-state index < -0.39 is 15.0 Å². The number of aryl methyl sites for hydroxylation is 1. The van der Waals surface area contributed by atoms with Crippen LogP contribution < -0.4 is 10.5 Å². The number of sulfonamides is 1. The van der Waals surface area contributed by atoms with Crippen LogP contribution in [0.2, 0.25) is 0 Å². The molecule has 1 saturated carbocycles. The normalized spacial score (nSPS) is 28.3. The maximum Gasteiger partial charge on any atom is 0.242 e. The predicted molar refractivity (Wildman–Crippen MR) is 76.5 cm³/mol. The smallest absolute Gasteiger partial charge is 0.242 e. The Morgan fingerprint density at radius 2 is 1.95 bits per heavy atom. The SMILES string of the molecule is Cc1ccc(S(=O)(=O)N[C@]2(Cl)CCCC[C@@H]2N)cc1. The summed E-state index contributed by atoms with van der Waals surface area (Å²) in [7, 11) is -3.63. The van der Waals surface area contributed by atoms with Gasteiger partial charge in [-0.15, -0.1) is 0 Å². The summed E-state index contributed by atoms with van der Waals surface area (Å²) in [5, 5.41) is 0. The van der Waals surface area contributed by atoms with E-state index in [0.717, 1.165) is 24.8 Å². The van der Waals surface area contributed by atoms with Crippen molar-refractivity contribution in [3.63, 3.8) is 0 Å². The van der Waals surface area contributed by atoms with Crippen LogP contribution in [0, 0.1) is 6.92 Å². The zero-order valence-corrected chi connectivity index (χ0v) is 12.5. The van der Waals surface area contributed by atoms with Crippen molar-refractivity contribution in [2.24, 2.45) is 5.73 Å². The molecule has 19 heavy (non-hydrogen) atoms. The summed E-state index contributed by atoms with van der Waals surface area (Å²) < 4.78 is 27.2. The highest BCUT2D eigenvalue weighted by atomic mass is 35.5. The summed E-state index contributed by atoms with van der Waals surface area (Å²) in [5.41, 5.74) is 6.97. The summed E-state index contributed by atoms with van der Waals surface area (Å²) in [5.74, 6) is 0. The van der Waals surface area contributed by atoms with Gasteiger partial charge in [0.15, 0.2) is 0 Å². The lowest BCUT2D eigenvalue weighted by atomic mass is 9.91. The molecule has 0 aromatic heterocycles. The van der Waals surface area contributed by atoms with E-state index in [9.17, 15) is 8.42 Å². The van der Waals surface area contributed by atoms with Crippen molar-refractivity contribution >= 4 is 21.6 Å². The number of hydrogen-bond acceptors (Lipinski definition) is 3. The molecule has 6 heteroatoms. The minimum atomic E-state index is -3.63. The number of nitrogens with one attached hydrogen (secondary N) is 1. The molecule has 0 radical (unpaired) electrons. The molecular formula is C13H19ClN2O2S. The molecular weight excluding hydrogens is 284 g/mol. The number of rotatable bonds is 3. The standard InChI is InChI=1S/C13H19ClN2O2S/c1-10-5-7-11(8-6-10)19(17,18)16-13(14)9-3-2-4-12(13)15/h5-8,12,16H,2-4,9,15H2,1H3/t12-,13+/m0/s1. The quantitative estimate of drug-likeness (QED) is 0.663. The van der Waals surface area contributed by atoms with Gasteiger partial charge in [-0.1, -0.05) is 42.1 Å². The molecule has 1 aromatic carbocycles.